The Morgan fingerprint density at radius 3 is 2.31 bits per heavy atom. The highest BCUT2D eigenvalue weighted by Crippen LogP contribution is 2.62. The van der Waals surface area contributed by atoms with Gasteiger partial charge >= 0.3 is 0 Å². The lowest BCUT2D eigenvalue weighted by Gasteiger charge is -2.39. The van der Waals surface area contributed by atoms with Crippen LogP contribution in [-0.2, 0) is 11.2 Å². The Hall–Kier alpha value is -1.80. The number of benzene rings is 2. The summed E-state index contributed by atoms with van der Waals surface area (Å²) in [5, 5.41) is -0.806. The van der Waals surface area contributed by atoms with E-state index in [1.165, 1.54) is 11.8 Å². The van der Waals surface area contributed by atoms with Gasteiger partial charge in [0, 0.05) is 6.54 Å². The van der Waals surface area contributed by atoms with E-state index < -0.39 is 16.0 Å². The predicted molar refractivity (Wildman–Crippen MR) is 110 cm³/mol. The number of carbonyl (C=O) groups is 1. The average molecular weight is 391 g/mol. The molecule has 0 spiro atoms. The lowest BCUT2D eigenvalue weighted by molar-refractivity contribution is -0.118. The fourth-order valence-electron chi connectivity index (χ4n) is 2.96. The fraction of sp³-hybridized carbons (Fsp3) is 0.263. The van der Waals surface area contributed by atoms with Gasteiger partial charge in [-0.15, -0.1) is 22.5 Å². The van der Waals surface area contributed by atoms with E-state index in [1.54, 1.807) is 12.1 Å². The molecule has 138 valence electrons. The first-order valence-corrected chi connectivity index (χ1v) is 11.2. The van der Waals surface area contributed by atoms with Crippen LogP contribution in [0.25, 0.3) is 0 Å². The van der Waals surface area contributed by atoms with Crippen molar-refractivity contribution in [1.29, 1.82) is 0 Å². The summed E-state index contributed by atoms with van der Waals surface area (Å²) >= 11 is 1.38. The maximum absolute atomic E-state index is 12.8. The van der Waals surface area contributed by atoms with Crippen LogP contribution in [0.1, 0.15) is 16.4 Å². The van der Waals surface area contributed by atoms with Crippen molar-refractivity contribution < 1.29 is 13.9 Å². The first-order chi connectivity index (χ1) is 12.6. The van der Waals surface area contributed by atoms with Gasteiger partial charge in [-0.3, -0.25) is 18.9 Å². The topological polar surface area (TPSA) is 73.1 Å². The third-order valence-corrected chi connectivity index (χ3v) is 6.96. The molecule has 7 heteroatoms. The lowest BCUT2D eigenvalue weighted by atomic mass is 10.1. The summed E-state index contributed by atoms with van der Waals surface area (Å²) in [4.78, 5) is 17.3. The van der Waals surface area contributed by atoms with E-state index in [2.05, 4.69) is 4.99 Å². The molecule has 0 saturated carbocycles. The van der Waals surface area contributed by atoms with Crippen molar-refractivity contribution in [3.8, 4) is 0 Å². The molecule has 3 rings (SSSR count). The molecule has 26 heavy (non-hydrogen) atoms. The van der Waals surface area contributed by atoms with Gasteiger partial charge < -0.3 is 0 Å². The molecule has 2 N–H and O–H groups in total. The standard InChI is InChI=1S/C19H22N2O3S2/c1-25-14-21-19(22)17(20-13-12-15-8-4-2-5-9-15)18(26(21,23)24)16-10-6-3-7-11-16/h2-11,18,23-24H,12-14H2,1H3. The molecule has 0 aliphatic carbocycles. The maximum Gasteiger partial charge on any atom is 0.289 e. The Morgan fingerprint density at radius 1 is 1.08 bits per heavy atom. The minimum absolute atomic E-state index is 0.224. The summed E-state index contributed by atoms with van der Waals surface area (Å²) in [6.07, 6.45) is 2.52. The highest BCUT2D eigenvalue weighted by molar-refractivity contribution is 8.24. The van der Waals surface area contributed by atoms with Gasteiger partial charge in [0.25, 0.3) is 5.91 Å². The molecule has 2 aromatic rings. The summed E-state index contributed by atoms with van der Waals surface area (Å²) in [6, 6.07) is 19.0. The summed E-state index contributed by atoms with van der Waals surface area (Å²) in [5.74, 6) is -0.163. The van der Waals surface area contributed by atoms with Crippen molar-refractivity contribution in [3.63, 3.8) is 0 Å². The maximum atomic E-state index is 12.8. The lowest BCUT2D eigenvalue weighted by Crippen LogP contribution is -2.28. The van der Waals surface area contributed by atoms with Crippen LogP contribution in [0.2, 0.25) is 0 Å². The van der Waals surface area contributed by atoms with Crippen molar-refractivity contribution in [2.24, 2.45) is 4.99 Å². The Labute approximate surface area is 159 Å². The summed E-state index contributed by atoms with van der Waals surface area (Å²) in [7, 11) is -3.30. The molecule has 1 heterocycles. The van der Waals surface area contributed by atoms with Crippen LogP contribution >= 0.6 is 22.5 Å². The average Bonchev–Trinajstić information content (AvgIpc) is 2.84. The molecule has 1 unspecified atom stereocenters. The van der Waals surface area contributed by atoms with Gasteiger partial charge in [-0.1, -0.05) is 60.7 Å². The van der Waals surface area contributed by atoms with Crippen LogP contribution < -0.4 is 0 Å². The highest BCUT2D eigenvalue weighted by atomic mass is 32.3. The summed E-state index contributed by atoms with van der Waals surface area (Å²) in [6.45, 7) is 0.428. The third-order valence-electron chi connectivity index (χ3n) is 4.21. The molecule has 1 saturated heterocycles. The first kappa shape index (κ1) is 19.0. The molecule has 1 amide bonds. The molecule has 5 nitrogen and oxygen atoms in total. The van der Waals surface area contributed by atoms with Gasteiger partial charge in [0.1, 0.15) is 11.0 Å². The fourth-order valence-corrected chi connectivity index (χ4v) is 5.84. The zero-order valence-electron chi connectivity index (χ0n) is 14.5. The number of hydrogen-bond acceptors (Lipinski definition) is 5. The first-order valence-electron chi connectivity index (χ1n) is 8.27. The minimum atomic E-state index is -3.30. The molecule has 0 aromatic heterocycles. The van der Waals surface area contributed by atoms with Crippen LogP contribution in [0.5, 0.6) is 0 Å². The molecular weight excluding hydrogens is 368 g/mol. The molecule has 1 atom stereocenters. The number of carbonyl (C=O) groups excluding carboxylic acids is 1. The minimum Gasteiger partial charge on any atom is -0.281 e. The Balaban J connectivity index is 1.91. The number of aliphatic imine (C=N–C) groups is 1. The third kappa shape index (κ3) is 3.81. The van der Waals surface area contributed by atoms with Crippen molar-refractivity contribution in [3.05, 3.63) is 71.8 Å². The van der Waals surface area contributed by atoms with Gasteiger partial charge in [0.2, 0.25) is 0 Å². The van der Waals surface area contributed by atoms with E-state index in [9.17, 15) is 13.9 Å². The van der Waals surface area contributed by atoms with Crippen molar-refractivity contribution >= 4 is 34.2 Å². The molecule has 1 aliphatic rings. The van der Waals surface area contributed by atoms with Crippen molar-refractivity contribution in [2.75, 3.05) is 18.7 Å². The number of nitrogens with zero attached hydrogens (tertiary/aromatic N) is 2. The Morgan fingerprint density at radius 2 is 1.69 bits per heavy atom. The van der Waals surface area contributed by atoms with Gasteiger partial charge in [-0.25, -0.2) is 4.31 Å². The van der Waals surface area contributed by atoms with E-state index in [0.717, 1.165) is 9.87 Å². The molecular formula is C19H22N2O3S2. The monoisotopic (exact) mass is 390 g/mol. The van der Waals surface area contributed by atoms with Gasteiger partial charge in [-0.05, 0) is 23.8 Å². The van der Waals surface area contributed by atoms with Gasteiger partial charge in [-0.2, -0.15) is 0 Å². The largest absolute Gasteiger partial charge is 0.289 e. The van der Waals surface area contributed by atoms with Crippen LogP contribution in [0.3, 0.4) is 0 Å². The Bertz CT molecular complexity index is 782. The van der Waals surface area contributed by atoms with Gasteiger partial charge in [0.15, 0.2) is 0 Å². The summed E-state index contributed by atoms with van der Waals surface area (Å²) in [5.41, 5.74) is 2.07. The van der Waals surface area contributed by atoms with E-state index in [4.69, 9.17) is 0 Å². The van der Waals surface area contributed by atoms with Crippen molar-refractivity contribution in [1.82, 2.24) is 4.31 Å². The second kappa shape index (κ2) is 8.26. The number of amides is 1. The van der Waals surface area contributed by atoms with Crippen LogP contribution in [0.4, 0.5) is 0 Å². The zero-order chi connectivity index (χ0) is 18.6. The molecule has 0 radical (unpaired) electrons. The summed E-state index contributed by atoms with van der Waals surface area (Å²) < 4.78 is 22.8. The highest BCUT2D eigenvalue weighted by Gasteiger charge is 2.50. The van der Waals surface area contributed by atoms with Crippen LogP contribution in [-0.4, -0.2) is 43.7 Å². The molecule has 1 fully saturated rings. The predicted octanol–water partition coefficient (Wildman–Crippen LogP) is 4.24. The smallest absolute Gasteiger partial charge is 0.281 e. The molecule has 2 aromatic carbocycles. The SMILES string of the molecule is CSCN1C(=O)C(=NCCc2ccccc2)C(c2ccccc2)S1(O)O. The number of hydrogen-bond donors (Lipinski definition) is 2. The quantitative estimate of drug-likeness (QED) is 0.774. The molecule has 0 bridgehead atoms. The van der Waals surface area contributed by atoms with Crippen LogP contribution in [0, 0.1) is 0 Å². The molecule has 1 aliphatic heterocycles. The van der Waals surface area contributed by atoms with Gasteiger partial charge in [0.05, 0.1) is 5.88 Å². The number of rotatable bonds is 6. The second-order valence-corrected chi connectivity index (χ2v) is 8.83. The normalized spacial score (nSPS) is 22.0. The van der Waals surface area contributed by atoms with Crippen molar-refractivity contribution in [2.45, 2.75) is 11.7 Å². The van der Waals surface area contributed by atoms with E-state index in [1.807, 2.05) is 54.8 Å². The van der Waals surface area contributed by atoms with E-state index in [0.29, 0.717) is 18.5 Å². The Kier molecular flexibility index (Phi) is 6.03. The van der Waals surface area contributed by atoms with E-state index in [-0.39, 0.29) is 17.5 Å². The number of thioether (sulfide) groups is 1. The van der Waals surface area contributed by atoms with E-state index >= 15 is 0 Å². The second-order valence-electron chi connectivity index (χ2n) is 5.96. The van der Waals surface area contributed by atoms with Crippen LogP contribution in [0.15, 0.2) is 65.7 Å². The zero-order valence-corrected chi connectivity index (χ0v) is 16.1.